The van der Waals surface area contributed by atoms with Gasteiger partial charge in [-0.2, -0.15) is 0 Å². The lowest BCUT2D eigenvalue weighted by Gasteiger charge is -2.29. The summed E-state index contributed by atoms with van der Waals surface area (Å²) in [5, 5.41) is 6.61. The Morgan fingerprint density at radius 1 is 1.29 bits per heavy atom. The first-order valence-electron chi connectivity index (χ1n) is 6.95. The molecular weight excluding hydrogens is 270 g/mol. The summed E-state index contributed by atoms with van der Waals surface area (Å²) in [7, 11) is 0. The summed E-state index contributed by atoms with van der Waals surface area (Å²) >= 11 is 0. The van der Waals surface area contributed by atoms with E-state index in [4.69, 9.17) is 4.42 Å². The molecule has 0 radical (unpaired) electrons. The van der Waals surface area contributed by atoms with Gasteiger partial charge in [0.1, 0.15) is 11.3 Å². The van der Waals surface area contributed by atoms with Crippen LogP contribution < -0.4 is 21.2 Å². The van der Waals surface area contributed by atoms with Gasteiger partial charge in [0.2, 0.25) is 5.91 Å². The van der Waals surface area contributed by atoms with E-state index in [-0.39, 0.29) is 11.6 Å². The molecule has 2 N–H and O–H groups in total. The molecule has 3 rings (SSSR count). The van der Waals surface area contributed by atoms with Crippen molar-refractivity contribution in [3.05, 3.63) is 34.7 Å². The number of anilines is 2. The number of amides is 1. The zero-order chi connectivity index (χ0) is 14.8. The zero-order valence-corrected chi connectivity index (χ0v) is 11.8. The molecule has 0 bridgehead atoms. The minimum atomic E-state index is -0.535. The summed E-state index contributed by atoms with van der Waals surface area (Å²) in [5.74, 6) is -0.292. The largest absolute Gasteiger partial charge is 0.421 e. The van der Waals surface area contributed by atoms with Crippen molar-refractivity contribution in [2.75, 3.05) is 36.4 Å². The fraction of sp³-hybridized carbons (Fsp3) is 0.333. The number of piperazine rings is 1. The van der Waals surface area contributed by atoms with Gasteiger partial charge in [0, 0.05) is 44.2 Å². The molecule has 0 saturated carbocycles. The van der Waals surface area contributed by atoms with Crippen LogP contribution in [-0.2, 0) is 4.79 Å². The van der Waals surface area contributed by atoms with Crippen LogP contribution >= 0.6 is 0 Å². The summed E-state index contributed by atoms with van der Waals surface area (Å²) < 4.78 is 5.23. The highest BCUT2D eigenvalue weighted by Gasteiger charge is 2.12. The molecule has 1 aromatic carbocycles. The van der Waals surface area contributed by atoms with Crippen LogP contribution in [0.5, 0.6) is 0 Å². The Kier molecular flexibility index (Phi) is 3.62. The van der Waals surface area contributed by atoms with Gasteiger partial charge in [0.25, 0.3) is 0 Å². The van der Waals surface area contributed by atoms with Crippen LogP contribution in [0.15, 0.2) is 33.5 Å². The molecule has 1 fully saturated rings. The van der Waals surface area contributed by atoms with E-state index in [0.29, 0.717) is 5.58 Å². The molecular formula is C15H17N3O3. The van der Waals surface area contributed by atoms with E-state index in [9.17, 15) is 9.59 Å². The molecule has 0 unspecified atom stereocenters. The van der Waals surface area contributed by atoms with Crippen LogP contribution in [0, 0.1) is 0 Å². The maximum atomic E-state index is 11.8. The molecule has 6 nitrogen and oxygen atoms in total. The topological polar surface area (TPSA) is 74.6 Å². The first-order valence-corrected chi connectivity index (χ1v) is 6.95. The average molecular weight is 287 g/mol. The van der Waals surface area contributed by atoms with Crippen LogP contribution in [0.25, 0.3) is 11.0 Å². The fourth-order valence-electron chi connectivity index (χ4n) is 2.51. The third kappa shape index (κ3) is 2.90. The van der Waals surface area contributed by atoms with Crippen LogP contribution in [0.3, 0.4) is 0 Å². The Morgan fingerprint density at radius 2 is 2.05 bits per heavy atom. The molecule has 0 aliphatic carbocycles. The van der Waals surface area contributed by atoms with Crippen molar-refractivity contribution >= 4 is 28.3 Å². The zero-order valence-electron chi connectivity index (χ0n) is 11.8. The normalized spacial score (nSPS) is 15.2. The van der Waals surface area contributed by atoms with Gasteiger partial charge in [-0.25, -0.2) is 4.79 Å². The van der Waals surface area contributed by atoms with Gasteiger partial charge < -0.3 is 20.0 Å². The van der Waals surface area contributed by atoms with Gasteiger partial charge in [-0.1, -0.05) is 0 Å². The van der Waals surface area contributed by atoms with Crippen molar-refractivity contribution in [2.24, 2.45) is 0 Å². The second-order valence-corrected chi connectivity index (χ2v) is 5.09. The van der Waals surface area contributed by atoms with Crippen LogP contribution in [-0.4, -0.2) is 32.1 Å². The molecule has 1 aromatic heterocycles. The van der Waals surface area contributed by atoms with E-state index in [1.807, 2.05) is 12.1 Å². The lowest BCUT2D eigenvalue weighted by molar-refractivity contribution is -0.114. The second kappa shape index (κ2) is 5.57. The van der Waals surface area contributed by atoms with Gasteiger partial charge in [-0.3, -0.25) is 4.79 Å². The maximum Gasteiger partial charge on any atom is 0.360 e. The first-order chi connectivity index (χ1) is 10.1. The predicted molar refractivity (Wildman–Crippen MR) is 81.9 cm³/mol. The van der Waals surface area contributed by atoms with E-state index in [0.717, 1.165) is 37.3 Å². The van der Waals surface area contributed by atoms with Gasteiger partial charge >= 0.3 is 5.63 Å². The highest BCUT2D eigenvalue weighted by Crippen LogP contribution is 2.23. The number of nitrogens with one attached hydrogen (secondary N) is 2. The second-order valence-electron chi connectivity index (χ2n) is 5.09. The van der Waals surface area contributed by atoms with E-state index in [2.05, 4.69) is 15.5 Å². The van der Waals surface area contributed by atoms with E-state index < -0.39 is 5.63 Å². The Morgan fingerprint density at radius 3 is 2.76 bits per heavy atom. The highest BCUT2D eigenvalue weighted by molar-refractivity contribution is 5.91. The van der Waals surface area contributed by atoms with Crippen LogP contribution in [0.4, 0.5) is 11.4 Å². The molecule has 110 valence electrons. The molecule has 2 heterocycles. The summed E-state index contributed by atoms with van der Waals surface area (Å²) in [4.78, 5) is 25.1. The fourth-order valence-corrected chi connectivity index (χ4v) is 2.51. The quantitative estimate of drug-likeness (QED) is 0.811. The summed E-state index contributed by atoms with van der Waals surface area (Å²) in [6, 6.07) is 7.39. The average Bonchev–Trinajstić information content (AvgIpc) is 2.48. The SMILES string of the molecule is CC(=O)Nc1cc2cc(N3CCNCC3)ccc2oc1=O. The summed E-state index contributed by atoms with van der Waals surface area (Å²) in [6.45, 7) is 5.17. The maximum absolute atomic E-state index is 11.8. The van der Waals surface area contributed by atoms with Gasteiger partial charge in [-0.05, 0) is 24.3 Å². The van der Waals surface area contributed by atoms with Gasteiger partial charge in [0.05, 0.1) is 0 Å². The monoisotopic (exact) mass is 287 g/mol. The van der Waals surface area contributed by atoms with E-state index in [1.165, 1.54) is 6.92 Å². The van der Waals surface area contributed by atoms with Crippen molar-refractivity contribution in [3.63, 3.8) is 0 Å². The Labute approximate surface area is 121 Å². The van der Waals surface area contributed by atoms with Crippen molar-refractivity contribution < 1.29 is 9.21 Å². The van der Waals surface area contributed by atoms with Crippen molar-refractivity contribution in [3.8, 4) is 0 Å². The molecule has 6 heteroatoms. The van der Waals surface area contributed by atoms with Crippen molar-refractivity contribution in [1.29, 1.82) is 0 Å². The van der Waals surface area contributed by atoms with E-state index in [1.54, 1.807) is 12.1 Å². The first kappa shape index (κ1) is 13.6. The standard InChI is InChI=1S/C15H17N3O3/c1-10(19)17-13-9-11-8-12(18-6-4-16-5-7-18)2-3-14(11)21-15(13)20/h2-3,8-9,16H,4-7H2,1H3,(H,17,19). The molecule has 1 aliphatic heterocycles. The molecule has 21 heavy (non-hydrogen) atoms. The highest BCUT2D eigenvalue weighted by atomic mass is 16.4. The molecule has 1 amide bonds. The number of nitrogens with zero attached hydrogens (tertiary/aromatic N) is 1. The lowest BCUT2D eigenvalue weighted by atomic mass is 10.2. The van der Waals surface area contributed by atoms with Crippen LogP contribution in [0.2, 0.25) is 0 Å². The minimum Gasteiger partial charge on any atom is -0.421 e. The predicted octanol–water partition coefficient (Wildman–Crippen LogP) is 1.16. The van der Waals surface area contributed by atoms with Crippen LogP contribution in [0.1, 0.15) is 6.92 Å². The van der Waals surface area contributed by atoms with E-state index >= 15 is 0 Å². The Bertz CT molecular complexity index is 733. The molecule has 2 aromatic rings. The number of hydrogen-bond acceptors (Lipinski definition) is 5. The number of hydrogen-bond donors (Lipinski definition) is 2. The number of rotatable bonds is 2. The number of carbonyl (C=O) groups is 1. The minimum absolute atomic E-state index is 0.174. The third-order valence-corrected chi connectivity index (χ3v) is 3.51. The number of fused-ring (bicyclic) bond motifs is 1. The smallest absolute Gasteiger partial charge is 0.360 e. The lowest BCUT2D eigenvalue weighted by Crippen LogP contribution is -2.43. The number of benzene rings is 1. The Hall–Kier alpha value is -2.34. The summed E-state index contributed by atoms with van der Waals surface area (Å²) in [6.07, 6.45) is 0. The van der Waals surface area contributed by atoms with Gasteiger partial charge in [-0.15, -0.1) is 0 Å². The molecule has 0 spiro atoms. The molecule has 1 aliphatic rings. The van der Waals surface area contributed by atoms with Crippen molar-refractivity contribution in [1.82, 2.24) is 5.32 Å². The third-order valence-electron chi connectivity index (χ3n) is 3.51. The molecule has 1 saturated heterocycles. The number of carbonyl (C=O) groups excluding carboxylic acids is 1. The molecule has 0 atom stereocenters. The van der Waals surface area contributed by atoms with Crippen molar-refractivity contribution in [2.45, 2.75) is 6.92 Å². The Balaban J connectivity index is 2.00. The summed E-state index contributed by atoms with van der Waals surface area (Å²) in [5.41, 5.74) is 1.25. The van der Waals surface area contributed by atoms with Gasteiger partial charge in [0.15, 0.2) is 0 Å².